The standard InChI is InChI=1S/C16H21NO3S/c18-16-4-1-7-17(16)8-2-11-21-13-5-6-14-15(12-13)20-10-3-9-19-14/h5-6,12H,1-4,7-11H2. The van der Waals surface area contributed by atoms with Crippen molar-refractivity contribution >= 4 is 17.7 Å². The lowest BCUT2D eigenvalue weighted by Crippen LogP contribution is -2.25. The van der Waals surface area contributed by atoms with Crippen molar-refractivity contribution in [1.29, 1.82) is 0 Å². The van der Waals surface area contributed by atoms with Crippen LogP contribution >= 0.6 is 11.8 Å². The van der Waals surface area contributed by atoms with Crippen LogP contribution in [0.25, 0.3) is 0 Å². The normalized spacial score (nSPS) is 17.9. The van der Waals surface area contributed by atoms with Gasteiger partial charge in [0.15, 0.2) is 11.5 Å². The predicted molar refractivity (Wildman–Crippen MR) is 83.2 cm³/mol. The molecule has 0 unspecified atom stereocenters. The van der Waals surface area contributed by atoms with Gasteiger partial charge in [0.2, 0.25) is 5.91 Å². The van der Waals surface area contributed by atoms with Crippen LogP contribution in [0.2, 0.25) is 0 Å². The molecule has 0 spiro atoms. The maximum Gasteiger partial charge on any atom is 0.222 e. The highest BCUT2D eigenvalue weighted by Gasteiger charge is 2.19. The highest BCUT2D eigenvalue weighted by molar-refractivity contribution is 7.99. The minimum atomic E-state index is 0.315. The summed E-state index contributed by atoms with van der Waals surface area (Å²) in [5, 5.41) is 0. The first-order valence-electron chi connectivity index (χ1n) is 7.63. The van der Waals surface area contributed by atoms with Gasteiger partial charge in [0.1, 0.15) is 0 Å². The van der Waals surface area contributed by atoms with Gasteiger partial charge in [-0.05, 0) is 36.8 Å². The summed E-state index contributed by atoms with van der Waals surface area (Å²) in [6, 6.07) is 6.14. The fourth-order valence-electron chi connectivity index (χ4n) is 2.62. The summed E-state index contributed by atoms with van der Waals surface area (Å²) in [7, 11) is 0. The maximum atomic E-state index is 11.5. The maximum absolute atomic E-state index is 11.5. The van der Waals surface area contributed by atoms with Crippen molar-refractivity contribution in [1.82, 2.24) is 4.90 Å². The van der Waals surface area contributed by atoms with Crippen molar-refractivity contribution in [3.05, 3.63) is 18.2 Å². The monoisotopic (exact) mass is 307 g/mol. The number of carbonyl (C=O) groups excluding carboxylic acids is 1. The van der Waals surface area contributed by atoms with Crippen LogP contribution in [-0.4, -0.2) is 42.9 Å². The second kappa shape index (κ2) is 7.07. The smallest absolute Gasteiger partial charge is 0.222 e. The van der Waals surface area contributed by atoms with Crippen LogP contribution in [0.5, 0.6) is 11.5 Å². The zero-order chi connectivity index (χ0) is 14.5. The molecule has 21 heavy (non-hydrogen) atoms. The Bertz CT molecular complexity index is 506. The molecule has 1 fully saturated rings. The Kier molecular flexibility index (Phi) is 4.91. The molecule has 0 atom stereocenters. The van der Waals surface area contributed by atoms with E-state index >= 15 is 0 Å². The number of likely N-dealkylation sites (tertiary alicyclic amines) is 1. The van der Waals surface area contributed by atoms with E-state index in [9.17, 15) is 4.79 Å². The highest BCUT2D eigenvalue weighted by Crippen LogP contribution is 2.34. The predicted octanol–water partition coefficient (Wildman–Crippen LogP) is 2.95. The number of benzene rings is 1. The van der Waals surface area contributed by atoms with Crippen molar-refractivity contribution in [2.75, 3.05) is 32.1 Å². The molecule has 0 saturated carbocycles. The fraction of sp³-hybridized carbons (Fsp3) is 0.562. The van der Waals surface area contributed by atoms with E-state index in [1.54, 1.807) is 0 Å². The summed E-state index contributed by atoms with van der Waals surface area (Å²) in [6.45, 7) is 3.27. The molecular formula is C16H21NO3S. The van der Waals surface area contributed by atoms with Gasteiger partial charge in [-0.3, -0.25) is 4.79 Å². The number of hydrogen-bond acceptors (Lipinski definition) is 4. The third-order valence-corrected chi connectivity index (χ3v) is 4.81. The van der Waals surface area contributed by atoms with Crippen LogP contribution in [0.3, 0.4) is 0 Å². The molecule has 0 bridgehead atoms. The molecule has 4 nitrogen and oxygen atoms in total. The van der Waals surface area contributed by atoms with Gasteiger partial charge in [-0.1, -0.05) is 0 Å². The molecule has 0 aromatic heterocycles. The Morgan fingerprint density at radius 1 is 1.14 bits per heavy atom. The van der Waals surface area contributed by atoms with Crippen LogP contribution in [0.15, 0.2) is 23.1 Å². The zero-order valence-electron chi connectivity index (χ0n) is 12.2. The summed E-state index contributed by atoms with van der Waals surface area (Å²) in [5.41, 5.74) is 0. The van der Waals surface area contributed by atoms with Gasteiger partial charge in [0.05, 0.1) is 13.2 Å². The first-order chi connectivity index (χ1) is 10.3. The minimum absolute atomic E-state index is 0.315. The molecule has 5 heteroatoms. The molecule has 114 valence electrons. The van der Waals surface area contributed by atoms with Gasteiger partial charge in [0, 0.05) is 30.8 Å². The van der Waals surface area contributed by atoms with E-state index < -0.39 is 0 Å². The largest absolute Gasteiger partial charge is 0.490 e. The fourth-order valence-corrected chi connectivity index (χ4v) is 3.48. The Labute approximate surface area is 129 Å². The van der Waals surface area contributed by atoms with Crippen LogP contribution in [0.1, 0.15) is 25.7 Å². The van der Waals surface area contributed by atoms with Crippen LogP contribution in [0.4, 0.5) is 0 Å². The SMILES string of the molecule is O=C1CCCN1CCCSc1ccc2c(c1)OCCCO2. The lowest BCUT2D eigenvalue weighted by atomic mass is 10.3. The third kappa shape index (κ3) is 3.84. The molecule has 0 radical (unpaired) electrons. The van der Waals surface area contributed by atoms with Crippen LogP contribution in [-0.2, 0) is 4.79 Å². The van der Waals surface area contributed by atoms with Gasteiger partial charge in [0.25, 0.3) is 0 Å². The van der Waals surface area contributed by atoms with E-state index in [-0.39, 0.29) is 0 Å². The first-order valence-corrected chi connectivity index (χ1v) is 8.62. The van der Waals surface area contributed by atoms with Crippen molar-refractivity contribution < 1.29 is 14.3 Å². The Morgan fingerprint density at radius 3 is 2.81 bits per heavy atom. The molecule has 0 aliphatic carbocycles. The van der Waals surface area contributed by atoms with E-state index in [0.29, 0.717) is 5.91 Å². The summed E-state index contributed by atoms with van der Waals surface area (Å²) >= 11 is 1.81. The third-order valence-electron chi connectivity index (χ3n) is 3.73. The molecule has 3 rings (SSSR count). The van der Waals surface area contributed by atoms with Crippen LogP contribution in [0, 0.1) is 0 Å². The zero-order valence-corrected chi connectivity index (χ0v) is 13.0. The number of rotatable bonds is 5. The number of hydrogen-bond donors (Lipinski definition) is 0. The second-order valence-electron chi connectivity index (χ2n) is 5.35. The van der Waals surface area contributed by atoms with Crippen molar-refractivity contribution in [2.45, 2.75) is 30.6 Å². The number of amides is 1. The van der Waals surface area contributed by atoms with Crippen molar-refractivity contribution in [3.8, 4) is 11.5 Å². The highest BCUT2D eigenvalue weighted by atomic mass is 32.2. The van der Waals surface area contributed by atoms with E-state index in [4.69, 9.17) is 9.47 Å². The molecule has 1 aromatic carbocycles. The van der Waals surface area contributed by atoms with Gasteiger partial charge in [-0.2, -0.15) is 0 Å². The summed E-state index contributed by atoms with van der Waals surface area (Å²) in [4.78, 5) is 14.7. The second-order valence-corrected chi connectivity index (χ2v) is 6.51. The van der Waals surface area contributed by atoms with Gasteiger partial charge >= 0.3 is 0 Å². The Balaban J connectivity index is 1.47. The van der Waals surface area contributed by atoms with E-state index in [1.807, 2.05) is 22.7 Å². The molecule has 1 aromatic rings. The van der Waals surface area contributed by atoms with Gasteiger partial charge < -0.3 is 14.4 Å². The number of nitrogens with zero attached hydrogens (tertiary/aromatic N) is 1. The molecule has 1 saturated heterocycles. The first kappa shape index (κ1) is 14.6. The summed E-state index contributed by atoms with van der Waals surface area (Å²) in [5.74, 6) is 3.03. The average molecular weight is 307 g/mol. The van der Waals surface area contributed by atoms with Crippen molar-refractivity contribution in [3.63, 3.8) is 0 Å². The summed E-state index contributed by atoms with van der Waals surface area (Å²) in [6.07, 6.45) is 3.72. The topological polar surface area (TPSA) is 38.8 Å². The van der Waals surface area contributed by atoms with E-state index in [2.05, 4.69) is 12.1 Å². The average Bonchev–Trinajstić information content (AvgIpc) is 2.76. The molecule has 2 aliphatic rings. The quantitative estimate of drug-likeness (QED) is 0.619. The molecule has 2 aliphatic heterocycles. The van der Waals surface area contributed by atoms with E-state index in [0.717, 1.165) is 69.2 Å². The molecular weight excluding hydrogens is 286 g/mol. The van der Waals surface area contributed by atoms with Gasteiger partial charge in [-0.25, -0.2) is 0 Å². The molecule has 2 heterocycles. The number of thioether (sulfide) groups is 1. The Morgan fingerprint density at radius 2 is 2.00 bits per heavy atom. The van der Waals surface area contributed by atoms with Crippen molar-refractivity contribution in [2.24, 2.45) is 0 Å². The van der Waals surface area contributed by atoms with Gasteiger partial charge in [-0.15, -0.1) is 11.8 Å². The Hall–Kier alpha value is -1.36. The molecule has 1 amide bonds. The van der Waals surface area contributed by atoms with Crippen LogP contribution < -0.4 is 9.47 Å². The van der Waals surface area contributed by atoms with E-state index in [1.165, 1.54) is 4.90 Å². The molecule has 0 N–H and O–H groups in total. The number of fused-ring (bicyclic) bond motifs is 1. The number of carbonyl (C=O) groups is 1. The lowest BCUT2D eigenvalue weighted by molar-refractivity contribution is -0.127. The number of ether oxygens (including phenoxy) is 2. The minimum Gasteiger partial charge on any atom is -0.490 e. The lowest BCUT2D eigenvalue weighted by Gasteiger charge is -2.15. The summed E-state index contributed by atoms with van der Waals surface area (Å²) < 4.78 is 11.3.